The van der Waals surface area contributed by atoms with Gasteiger partial charge in [0.2, 0.25) is 5.91 Å². The number of rotatable bonds is 5. The molecule has 0 aromatic heterocycles. The van der Waals surface area contributed by atoms with Gasteiger partial charge in [0.15, 0.2) is 0 Å². The van der Waals surface area contributed by atoms with Crippen molar-refractivity contribution >= 4 is 5.91 Å². The summed E-state index contributed by atoms with van der Waals surface area (Å²) in [7, 11) is 0. The van der Waals surface area contributed by atoms with E-state index in [1.807, 2.05) is 30.3 Å². The Morgan fingerprint density at radius 3 is 2.16 bits per heavy atom. The Labute approximate surface area is 145 Å². The molecule has 0 radical (unpaired) electrons. The minimum absolute atomic E-state index is 0.0110. The zero-order valence-electron chi connectivity index (χ0n) is 13.8. The summed E-state index contributed by atoms with van der Waals surface area (Å²) in [4.78, 5) is 12.7. The maximum absolute atomic E-state index is 12.7. The molecule has 132 valence electrons. The molecule has 3 rings (SSSR count). The Balaban J connectivity index is 1.57. The van der Waals surface area contributed by atoms with E-state index in [9.17, 15) is 18.0 Å². The molecule has 0 saturated heterocycles. The molecule has 1 aliphatic carbocycles. The Hall–Kier alpha value is -2.30. The second-order valence-electron chi connectivity index (χ2n) is 6.50. The average molecular weight is 347 g/mol. The van der Waals surface area contributed by atoms with Gasteiger partial charge in [0.1, 0.15) is 0 Å². The third-order valence-corrected chi connectivity index (χ3v) is 4.95. The smallest absolute Gasteiger partial charge is 0.355 e. The maximum atomic E-state index is 12.7. The van der Waals surface area contributed by atoms with Crippen LogP contribution in [0.1, 0.15) is 36.0 Å². The topological polar surface area (TPSA) is 29.1 Å². The molecule has 5 heteroatoms. The van der Waals surface area contributed by atoms with Crippen molar-refractivity contribution in [3.05, 3.63) is 71.3 Å². The molecule has 1 fully saturated rings. The van der Waals surface area contributed by atoms with E-state index in [0.29, 0.717) is 13.0 Å². The molecule has 2 aromatic rings. The molecule has 1 aliphatic rings. The van der Waals surface area contributed by atoms with Crippen molar-refractivity contribution in [2.45, 2.75) is 37.3 Å². The van der Waals surface area contributed by atoms with Gasteiger partial charge in [0.05, 0.1) is 11.0 Å². The molecule has 0 spiro atoms. The molecular weight excluding hydrogens is 327 g/mol. The number of nitrogens with one attached hydrogen (secondary N) is 1. The largest absolute Gasteiger partial charge is 0.416 e. The molecule has 2 aromatic carbocycles. The normalized spacial score (nSPS) is 16.1. The number of amides is 1. The van der Waals surface area contributed by atoms with Crippen LogP contribution in [0.25, 0.3) is 0 Å². The molecule has 1 N–H and O–H groups in total. The predicted octanol–water partition coefficient (Wildman–Crippen LogP) is 4.49. The van der Waals surface area contributed by atoms with Gasteiger partial charge in [-0.1, -0.05) is 48.9 Å². The van der Waals surface area contributed by atoms with E-state index < -0.39 is 17.2 Å². The van der Waals surface area contributed by atoms with Crippen molar-refractivity contribution in [2.24, 2.45) is 0 Å². The molecule has 2 nitrogen and oxygen atoms in total. The van der Waals surface area contributed by atoms with Crippen LogP contribution in [0.4, 0.5) is 13.2 Å². The molecule has 25 heavy (non-hydrogen) atoms. The van der Waals surface area contributed by atoms with Crippen LogP contribution in [-0.4, -0.2) is 12.5 Å². The highest BCUT2D eigenvalue weighted by molar-refractivity contribution is 5.89. The summed E-state index contributed by atoms with van der Waals surface area (Å²) < 4.78 is 37.7. The lowest BCUT2D eigenvalue weighted by Crippen LogP contribution is -2.49. The molecule has 0 bridgehead atoms. The van der Waals surface area contributed by atoms with Crippen molar-refractivity contribution < 1.29 is 18.0 Å². The zero-order valence-corrected chi connectivity index (χ0v) is 13.8. The zero-order chi connectivity index (χ0) is 17.9. The van der Waals surface area contributed by atoms with Crippen molar-refractivity contribution in [3.63, 3.8) is 0 Å². The Kier molecular flexibility index (Phi) is 4.84. The van der Waals surface area contributed by atoms with Gasteiger partial charge in [0, 0.05) is 6.54 Å². The van der Waals surface area contributed by atoms with Crippen LogP contribution >= 0.6 is 0 Å². The van der Waals surface area contributed by atoms with Gasteiger partial charge in [-0.2, -0.15) is 13.2 Å². The summed E-state index contributed by atoms with van der Waals surface area (Å²) in [5.74, 6) is 0.0110. The number of benzene rings is 2. The second kappa shape index (κ2) is 6.90. The number of alkyl halides is 3. The highest BCUT2D eigenvalue weighted by Gasteiger charge is 2.45. The van der Waals surface area contributed by atoms with Gasteiger partial charge in [-0.3, -0.25) is 4.79 Å². The van der Waals surface area contributed by atoms with Crippen LogP contribution in [0.3, 0.4) is 0 Å². The van der Waals surface area contributed by atoms with Crippen LogP contribution in [0.2, 0.25) is 0 Å². The number of halogens is 3. The fraction of sp³-hybridized carbons (Fsp3) is 0.350. The fourth-order valence-electron chi connectivity index (χ4n) is 3.28. The van der Waals surface area contributed by atoms with Crippen molar-refractivity contribution in [2.75, 3.05) is 6.54 Å². The summed E-state index contributed by atoms with van der Waals surface area (Å²) >= 11 is 0. The number of carbonyl (C=O) groups excluding carboxylic acids is 1. The molecule has 0 atom stereocenters. The summed E-state index contributed by atoms with van der Waals surface area (Å²) in [6.45, 7) is 0.415. The van der Waals surface area contributed by atoms with Crippen LogP contribution < -0.4 is 5.32 Å². The monoisotopic (exact) mass is 347 g/mol. The van der Waals surface area contributed by atoms with Gasteiger partial charge in [-0.05, 0) is 42.5 Å². The lowest BCUT2D eigenvalue weighted by molar-refractivity contribution is -0.137. The summed E-state index contributed by atoms with van der Waals surface area (Å²) in [6, 6.07) is 14.8. The predicted molar refractivity (Wildman–Crippen MR) is 90.1 cm³/mol. The molecular formula is C20H20F3NO. The SMILES string of the molecule is O=C(NCCc1ccc(C(F)(F)F)cc1)C1(c2ccccc2)CCC1. The molecule has 1 saturated carbocycles. The average Bonchev–Trinajstić information content (AvgIpc) is 2.54. The van der Waals surface area contributed by atoms with Gasteiger partial charge >= 0.3 is 6.18 Å². The maximum Gasteiger partial charge on any atom is 0.416 e. The Bertz CT molecular complexity index is 719. The van der Waals surface area contributed by atoms with Gasteiger partial charge < -0.3 is 5.32 Å². The molecule has 0 heterocycles. The Morgan fingerprint density at radius 1 is 1.00 bits per heavy atom. The van der Waals surface area contributed by atoms with E-state index in [0.717, 1.165) is 42.5 Å². The van der Waals surface area contributed by atoms with E-state index in [1.54, 1.807) is 0 Å². The first-order valence-corrected chi connectivity index (χ1v) is 8.42. The first kappa shape index (κ1) is 17.5. The van der Waals surface area contributed by atoms with Crippen molar-refractivity contribution in [3.8, 4) is 0 Å². The van der Waals surface area contributed by atoms with E-state index >= 15 is 0 Å². The van der Waals surface area contributed by atoms with Crippen LogP contribution in [-0.2, 0) is 22.8 Å². The Morgan fingerprint density at radius 2 is 1.64 bits per heavy atom. The summed E-state index contributed by atoms with van der Waals surface area (Å²) in [5.41, 5.74) is 0.711. The molecule has 0 unspecified atom stereocenters. The highest BCUT2D eigenvalue weighted by Crippen LogP contribution is 2.43. The summed E-state index contributed by atoms with van der Waals surface area (Å²) in [5, 5.41) is 2.96. The van der Waals surface area contributed by atoms with Crippen LogP contribution in [0.5, 0.6) is 0 Å². The van der Waals surface area contributed by atoms with E-state index in [4.69, 9.17) is 0 Å². The quantitative estimate of drug-likeness (QED) is 0.849. The first-order chi connectivity index (χ1) is 11.9. The minimum atomic E-state index is -4.32. The first-order valence-electron chi connectivity index (χ1n) is 8.42. The highest BCUT2D eigenvalue weighted by atomic mass is 19.4. The number of hydrogen-bond donors (Lipinski definition) is 1. The van der Waals surface area contributed by atoms with Crippen molar-refractivity contribution in [1.82, 2.24) is 5.32 Å². The van der Waals surface area contributed by atoms with Gasteiger partial charge in [-0.25, -0.2) is 0 Å². The molecule has 0 aliphatic heterocycles. The van der Waals surface area contributed by atoms with E-state index in [1.165, 1.54) is 12.1 Å². The fourth-order valence-corrected chi connectivity index (χ4v) is 3.28. The van der Waals surface area contributed by atoms with Gasteiger partial charge in [-0.15, -0.1) is 0 Å². The van der Waals surface area contributed by atoms with E-state index in [-0.39, 0.29) is 5.91 Å². The lowest BCUT2D eigenvalue weighted by atomic mass is 9.64. The van der Waals surface area contributed by atoms with E-state index in [2.05, 4.69) is 5.32 Å². The third kappa shape index (κ3) is 3.70. The standard InChI is InChI=1S/C20H20F3NO/c21-20(22,23)17-9-7-15(8-10-17)11-14-24-18(25)19(12-4-13-19)16-5-2-1-3-6-16/h1-3,5-10H,4,11-14H2,(H,24,25). The summed E-state index contributed by atoms with van der Waals surface area (Å²) in [6.07, 6.45) is -1.11. The third-order valence-electron chi connectivity index (χ3n) is 4.95. The number of carbonyl (C=O) groups is 1. The van der Waals surface area contributed by atoms with Crippen LogP contribution in [0.15, 0.2) is 54.6 Å². The minimum Gasteiger partial charge on any atom is -0.355 e. The lowest BCUT2D eigenvalue weighted by Gasteiger charge is -2.40. The van der Waals surface area contributed by atoms with Gasteiger partial charge in [0.25, 0.3) is 0 Å². The molecule has 1 amide bonds. The van der Waals surface area contributed by atoms with Crippen molar-refractivity contribution in [1.29, 1.82) is 0 Å². The number of hydrogen-bond acceptors (Lipinski definition) is 1. The van der Waals surface area contributed by atoms with Crippen LogP contribution in [0, 0.1) is 0 Å². The second-order valence-corrected chi connectivity index (χ2v) is 6.50.